The van der Waals surface area contributed by atoms with Crippen LogP contribution in [0.1, 0.15) is 26.7 Å². The van der Waals surface area contributed by atoms with Crippen LogP contribution in [-0.4, -0.2) is 29.5 Å². The maximum absolute atomic E-state index is 12.5. The van der Waals surface area contributed by atoms with Crippen molar-refractivity contribution in [1.29, 1.82) is 0 Å². The summed E-state index contributed by atoms with van der Waals surface area (Å²) in [4.78, 5) is 11.0. The van der Waals surface area contributed by atoms with Crippen molar-refractivity contribution in [2.45, 2.75) is 45.1 Å². The van der Waals surface area contributed by atoms with E-state index in [1.165, 1.54) is 6.92 Å². The molecule has 0 aliphatic rings. The lowest BCUT2D eigenvalue weighted by Gasteiger charge is -2.25. The first-order valence-corrected chi connectivity index (χ1v) is 4.81. The first kappa shape index (κ1) is 15.0. The molecule has 0 aliphatic carbocycles. The Balaban J connectivity index is 4.69. The van der Waals surface area contributed by atoms with Gasteiger partial charge in [0, 0.05) is 5.57 Å². The Bertz CT molecular complexity index is 261. The number of ether oxygens (including phenoxy) is 1. The van der Waals surface area contributed by atoms with Gasteiger partial charge in [-0.05, 0) is 13.3 Å². The number of halogens is 3. The summed E-state index contributed by atoms with van der Waals surface area (Å²) in [5.41, 5.74) is -0.141. The summed E-state index contributed by atoms with van der Waals surface area (Å²) in [7, 11) is 0. The number of esters is 1. The van der Waals surface area contributed by atoms with Crippen molar-refractivity contribution < 1.29 is 27.8 Å². The smallest absolute Gasteiger partial charge is 0.428 e. The number of carbonyl (C=O) groups excluding carboxylic acids is 1. The Morgan fingerprint density at radius 1 is 1.50 bits per heavy atom. The van der Waals surface area contributed by atoms with Gasteiger partial charge in [-0.1, -0.05) is 19.9 Å². The fourth-order valence-electron chi connectivity index (χ4n) is 1.03. The van der Waals surface area contributed by atoms with Crippen LogP contribution in [0.4, 0.5) is 13.2 Å². The van der Waals surface area contributed by atoms with Gasteiger partial charge in [0.2, 0.25) is 6.10 Å². The molecule has 0 bridgehead atoms. The van der Waals surface area contributed by atoms with Crippen LogP contribution in [0, 0.1) is 0 Å². The first-order chi connectivity index (χ1) is 7.20. The Morgan fingerprint density at radius 3 is 2.31 bits per heavy atom. The van der Waals surface area contributed by atoms with Crippen molar-refractivity contribution in [3.8, 4) is 0 Å². The van der Waals surface area contributed by atoms with Crippen molar-refractivity contribution in [1.82, 2.24) is 0 Å². The summed E-state index contributed by atoms with van der Waals surface area (Å²) >= 11 is 0. The summed E-state index contributed by atoms with van der Waals surface area (Å²) in [5, 5.41) is 9.25. The minimum Gasteiger partial charge on any atom is -0.447 e. The molecular formula is C10H15F3O3. The molecule has 6 heteroatoms. The van der Waals surface area contributed by atoms with Crippen molar-refractivity contribution in [3.63, 3.8) is 0 Å². The van der Waals surface area contributed by atoms with Gasteiger partial charge in [0.15, 0.2) is 0 Å². The average molecular weight is 240 g/mol. The first-order valence-electron chi connectivity index (χ1n) is 4.81. The van der Waals surface area contributed by atoms with E-state index in [4.69, 9.17) is 0 Å². The zero-order valence-corrected chi connectivity index (χ0v) is 9.17. The van der Waals surface area contributed by atoms with Gasteiger partial charge < -0.3 is 9.84 Å². The van der Waals surface area contributed by atoms with Gasteiger partial charge in [0.25, 0.3) is 0 Å². The molecule has 0 aromatic rings. The molecule has 0 aromatic carbocycles. The fraction of sp³-hybridized carbons (Fsp3) is 0.700. The van der Waals surface area contributed by atoms with Crippen LogP contribution < -0.4 is 0 Å². The molecule has 2 atom stereocenters. The number of hydrogen-bond donors (Lipinski definition) is 1. The van der Waals surface area contributed by atoms with Gasteiger partial charge in [-0.25, -0.2) is 4.79 Å². The highest BCUT2D eigenvalue weighted by Gasteiger charge is 2.47. The van der Waals surface area contributed by atoms with Gasteiger partial charge in [-0.2, -0.15) is 13.2 Å². The predicted molar refractivity (Wildman–Crippen MR) is 51.7 cm³/mol. The van der Waals surface area contributed by atoms with Crippen LogP contribution in [0.3, 0.4) is 0 Å². The number of aliphatic hydroxyl groups excluding tert-OH is 1. The molecule has 0 aliphatic heterocycles. The summed E-state index contributed by atoms with van der Waals surface area (Å²) in [6, 6.07) is 0. The number of rotatable bonds is 5. The zero-order chi connectivity index (χ0) is 12.9. The van der Waals surface area contributed by atoms with Gasteiger partial charge in [0.05, 0.1) is 0 Å². The number of carbonyl (C=O) groups is 1. The summed E-state index contributed by atoms with van der Waals surface area (Å²) in [5.74, 6) is -1.16. The van der Waals surface area contributed by atoms with E-state index >= 15 is 0 Å². The monoisotopic (exact) mass is 240 g/mol. The Labute approximate surface area is 91.9 Å². The summed E-state index contributed by atoms with van der Waals surface area (Å²) < 4.78 is 41.5. The second-order valence-corrected chi connectivity index (χ2v) is 3.50. The van der Waals surface area contributed by atoms with Gasteiger partial charge >= 0.3 is 12.1 Å². The highest BCUT2D eigenvalue weighted by molar-refractivity contribution is 5.87. The molecule has 0 rings (SSSR count). The zero-order valence-electron chi connectivity index (χ0n) is 9.17. The van der Waals surface area contributed by atoms with Crippen LogP contribution in [0.2, 0.25) is 0 Å². The highest BCUT2D eigenvalue weighted by Crippen LogP contribution is 2.27. The van der Waals surface area contributed by atoms with E-state index in [1.54, 1.807) is 6.92 Å². The molecule has 0 saturated carbocycles. The molecule has 2 unspecified atom stereocenters. The largest absolute Gasteiger partial charge is 0.447 e. The minimum absolute atomic E-state index is 0.0896. The molecule has 16 heavy (non-hydrogen) atoms. The van der Waals surface area contributed by atoms with Crippen LogP contribution in [-0.2, 0) is 9.53 Å². The molecule has 0 fully saturated rings. The van der Waals surface area contributed by atoms with Crippen LogP contribution in [0.15, 0.2) is 12.2 Å². The number of hydrogen-bond acceptors (Lipinski definition) is 3. The molecule has 94 valence electrons. The van der Waals surface area contributed by atoms with E-state index in [2.05, 4.69) is 11.3 Å². The second kappa shape index (κ2) is 5.89. The molecule has 1 N–H and O–H groups in total. The lowest BCUT2D eigenvalue weighted by molar-refractivity contribution is -0.241. The lowest BCUT2D eigenvalue weighted by Crippen LogP contribution is -2.43. The minimum atomic E-state index is -4.78. The molecular weight excluding hydrogens is 225 g/mol. The summed E-state index contributed by atoms with van der Waals surface area (Å²) in [6.07, 6.45) is -8.74. The average Bonchev–Trinajstić information content (AvgIpc) is 2.11. The molecule has 0 spiro atoms. The standard InChI is InChI=1S/C10H15F3O3/c1-4-5-7(14)8(10(11,12)13)16-9(15)6(2)3/h7-8,14H,2,4-5H2,1,3H3. The van der Waals surface area contributed by atoms with Crippen molar-refractivity contribution >= 4 is 5.97 Å². The topological polar surface area (TPSA) is 46.5 Å². The van der Waals surface area contributed by atoms with Crippen molar-refractivity contribution in [2.75, 3.05) is 0 Å². The van der Waals surface area contributed by atoms with E-state index in [0.29, 0.717) is 6.42 Å². The van der Waals surface area contributed by atoms with E-state index in [9.17, 15) is 23.1 Å². The maximum Gasteiger partial charge on any atom is 0.428 e. The van der Waals surface area contributed by atoms with Crippen molar-refractivity contribution in [2.24, 2.45) is 0 Å². The van der Waals surface area contributed by atoms with Gasteiger partial charge in [-0.3, -0.25) is 0 Å². The van der Waals surface area contributed by atoms with Crippen LogP contribution in [0.5, 0.6) is 0 Å². The predicted octanol–water partition coefficient (Wildman–Crippen LogP) is 2.20. The third kappa shape index (κ3) is 4.65. The number of alkyl halides is 3. The second-order valence-electron chi connectivity index (χ2n) is 3.50. The number of aliphatic hydroxyl groups is 1. The van der Waals surface area contributed by atoms with Crippen molar-refractivity contribution in [3.05, 3.63) is 12.2 Å². The van der Waals surface area contributed by atoms with Gasteiger partial charge in [0.1, 0.15) is 6.10 Å². The molecule has 0 amide bonds. The van der Waals surface area contributed by atoms with Crippen LogP contribution in [0.25, 0.3) is 0 Å². The SMILES string of the molecule is C=C(C)C(=O)OC(C(O)CCC)C(F)(F)F. The Hall–Kier alpha value is -1.04. The van der Waals surface area contributed by atoms with E-state index < -0.39 is 24.4 Å². The van der Waals surface area contributed by atoms with E-state index in [1.807, 2.05) is 0 Å². The van der Waals surface area contributed by atoms with Crippen LogP contribution >= 0.6 is 0 Å². The quantitative estimate of drug-likeness (QED) is 0.592. The molecule has 0 aromatic heterocycles. The van der Waals surface area contributed by atoms with E-state index in [-0.39, 0.29) is 12.0 Å². The Kier molecular flexibility index (Phi) is 5.50. The maximum atomic E-state index is 12.5. The third-order valence-corrected chi connectivity index (χ3v) is 1.84. The molecule has 0 saturated heterocycles. The third-order valence-electron chi connectivity index (χ3n) is 1.84. The normalized spacial score (nSPS) is 15.4. The lowest BCUT2D eigenvalue weighted by atomic mass is 10.1. The highest BCUT2D eigenvalue weighted by atomic mass is 19.4. The fourth-order valence-corrected chi connectivity index (χ4v) is 1.03. The molecule has 3 nitrogen and oxygen atoms in total. The van der Waals surface area contributed by atoms with E-state index in [0.717, 1.165) is 0 Å². The van der Waals surface area contributed by atoms with Gasteiger partial charge in [-0.15, -0.1) is 0 Å². The molecule has 0 heterocycles. The summed E-state index contributed by atoms with van der Waals surface area (Å²) in [6.45, 7) is 6.03. The molecule has 0 radical (unpaired) electrons. The Morgan fingerprint density at radius 2 is 2.00 bits per heavy atom.